The van der Waals surface area contributed by atoms with Crippen molar-refractivity contribution in [1.82, 2.24) is 14.9 Å². The standard InChI is InChI=1S/C20H22N4O6/c1-24-12-5-4-6-13(17(12)23-20(24)21)30-18-14(28-2)9-11(10-15(18)29-3)19(27)22-8-7-16(25)26/h4-6,9-10H,7-8H2,1-3H3,(H2,21,23)(H,22,27)(H,25,26). The van der Waals surface area contributed by atoms with E-state index in [1.54, 1.807) is 17.7 Å². The largest absolute Gasteiger partial charge is 0.493 e. The average Bonchev–Trinajstić information content (AvgIpc) is 3.02. The Balaban J connectivity index is 1.96. The van der Waals surface area contributed by atoms with E-state index in [-0.39, 0.29) is 35.8 Å². The second-order valence-corrected chi connectivity index (χ2v) is 6.36. The van der Waals surface area contributed by atoms with Gasteiger partial charge in [-0.2, -0.15) is 0 Å². The zero-order valence-corrected chi connectivity index (χ0v) is 16.8. The van der Waals surface area contributed by atoms with Gasteiger partial charge in [0, 0.05) is 19.2 Å². The van der Waals surface area contributed by atoms with Crippen LogP contribution in [0.3, 0.4) is 0 Å². The summed E-state index contributed by atoms with van der Waals surface area (Å²) in [6.45, 7) is 0.000144. The van der Waals surface area contributed by atoms with E-state index in [4.69, 9.17) is 25.1 Å². The highest BCUT2D eigenvalue weighted by molar-refractivity contribution is 5.96. The number of nitrogens with one attached hydrogen (secondary N) is 1. The quantitative estimate of drug-likeness (QED) is 0.510. The molecule has 10 nitrogen and oxygen atoms in total. The lowest BCUT2D eigenvalue weighted by Gasteiger charge is -2.16. The maximum absolute atomic E-state index is 12.4. The number of carboxylic acids is 1. The lowest BCUT2D eigenvalue weighted by molar-refractivity contribution is -0.136. The minimum atomic E-state index is -1.00. The molecule has 0 spiro atoms. The number of imidazole rings is 1. The molecule has 0 unspecified atom stereocenters. The molecule has 0 aliphatic heterocycles. The van der Waals surface area contributed by atoms with Gasteiger partial charge in [0.15, 0.2) is 17.2 Å². The summed E-state index contributed by atoms with van der Waals surface area (Å²) >= 11 is 0. The molecule has 0 bridgehead atoms. The van der Waals surface area contributed by atoms with E-state index in [0.717, 1.165) is 5.52 Å². The number of aliphatic carboxylic acids is 1. The number of amides is 1. The van der Waals surface area contributed by atoms with Crippen molar-refractivity contribution in [2.45, 2.75) is 6.42 Å². The maximum Gasteiger partial charge on any atom is 0.305 e. The number of carbonyl (C=O) groups is 2. The molecule has 0 atom stereocenters. The lowest BCUT2D eigenvalue weighted by atomic mass is 10.1. The van der Waals surface area contributed by atoms with Crippen molar-refractivity contribution in [3.8, 4) is 23.0 Å². The van der Waals surface area contributed by atoms with Gasteiger partial charge in [-0.3, -0.25) is 9.59 Å². The summed E-state index contributed by atoms with van der Waals surface area (Å²) in [6, 6.07) is 8.38. The predicted molar refractivity (Wildman–Crippen MR) is 109 cm³/mol. The van der Waals surface area contributed by atoms with E-state index in [0.29, 0.717) is 17.2 Å². The fourth-order valence-electron chi connectivity index (χ4n) is 2.90. The minimum absolute atomic E-state index is 0.000144. The molecule has 0 radical (unpaired) electrons. The van der Waals surface area contributed by atoms with Gasteiger partial charge in [0.05, 0.1) is 26.2 Å². The van der Waals surface area contributed by atoms with Gasteiger partial charge in [0.2, 0.25) is 11.7 Å². The third kappa shape index (κ3) is 4.07. The van der Waals surface area contributed by atoms with Gasteiger partial charge in [-0.25, -0.2) is 4.98 Å². The molecule has 0 aliphatic rings. The number of nitrogens with two attached hydrogens (primary N) is 1. The molecule has 158 valence electrons. The Labute approximate surface area is 172 Å². The van der Waals surface area contributed by atoms with Crippen LogP contribution in [-0.2, 0) is 11.8 Å². The van der Waals surface area contributed by atoms with Crippen LogP contribution in [-0.4, -0.2) is 47.3 Å². The van der Waals surface area contributed by atoms with E-state index in [9.17, 15) is 9.59 Å². The Kier molecular flexibility index (Phi) is 5.95. The number of aromatic nitrogens is 2. The van der Waals surface area contributed by atoms with Crippen LogP contribution in [0.25, 0.3) is 11.0 Å². The molecule has 4 N–H and O–H groups in total. The first kappa shape index (κ1) is 20.8. The molecule has 0 fully saturated rings. The van der Waals surface area contributed by atoms with E-state index < -0.39 is 11.9 Å². The summed E-state index contributed by atoms with van der Waals surface area (Å²) in [5.41, 5.74) is 7.50. The van der Waals surface area contributed by atoms with Gasteiger partial charge in [-0.1, -0.05) is 6.07 Å². The average molecular weight is 414 g/mol. The summed E-state index contributed by atoms with van der Waals surface area (Å²) in [6.07, 6.45) is -0.182. The van der Waals surface area contributed by atoms with Crippen LogP contribution in [0, 0.1) is 0 Å². The van der Waals surface area contributed by atoms with Crippen LogP contribution in [0.4, 0.5) is 5.95 Å². The Morgan fingerprint density at radius 1 is 1.17 bits per heavy atom. The normalized spacial score (nSPS) is 10.6. The molecule has 30 heavy (non-hydrogen) atoms. The number of nitrogen functional groups attached to an aromatic ring is 1. The molecule has 1 aromatic heterocycles. The van der Waals surface area contributed by atoms with E-state index in [1.807, 2.05) is 12.1 Å². The predicted octanol–water partition coefficient (Wildman–Crippen LogP) is 2.17. The van der Waals surface area contributed by atoms with Crippen molar-refractivity contribution in [3.63, 3.8) is 0 Å². The fourth-order valence-corrected chi connectivity index (χ4v) is 2.90. The molecule has 10 heteroatoms. The molecule has 3 aromatic rings. The Morgan fingerprint density at radius 2 is 1.83 bits per heavy atom. The van der Waals surface area contributed by atoms with Crippen LogP contribution in [0.5, 0.6) is 23.0 Å². The highest BCUT2D eigenvalue weighted by atomic mass is 16.5. The van der Waals surface area contributed by atoms with Gasteiger partial charge in [-0.05, 0) is 24.3 Å². The number of benzene rings is 2. The number of methoxy groups -OCH3 is 2. The van der Waals surface area contributed by atoms with Gasteiger partial charge < -0.3 is 34.9 Å². The number of ether oxygens (including phenoxy) is 3. The first-order valence-corrected chi connectivity index (χ1v) is 9.00. The van der Waals surface area contributed by atoms with E-state index in [2.05, 4.69) is 10.3 Å². The molecule has 2 aromatic carbocycles. The minimum Gasteiger partial charge on any atom is -0.493 e. The zero-order chi connectivity index (χ0) is 21.8. The van der Waals surface area contributed by atoms with Gasteiger partial charge in [0.25, 0.3) is 5.91 Å². The lowest BCUT2D eigenvalue weighted by Crippen LogP contribution is -2.26. The number of hydrogen-bond acceptors (Lipinski definition) is 7. The van der Waals surface area contributed by atoms with Crippen LogP contribution in [0.1, 0.15) is 16.8 Å². The number of anilines is 1. The Hall–Kier alpha value is -3.95. The number of rotatable bonds is 8. The van der Waals surface area contributed by atoms with Crippen molar-refractivity contribution >= 4 is 28.9 Å². The van der Waals surface area contributed by atoms with Crippen molar-refractivity contribution in [1.29, 1.82) is 0 Å². The second kappa shape index (κ2) is 8.60. The SMILES string of the molecule is COc1cc(C(=O)NCCC(=O)O)cc(OC)c1Oc1cccc2c1nc(N)n2C. The third-order valence-electron chi connectivity index (χ3n) is 4.47. The number of para-hydroxylation sites is 1. The fraction of sp³-hybridized carbons (Fsp3) is 0.250. The summed E-state index contributed by atoms with van der Waals surface area (Å²) in [4.78, 5) is 27.3. The molecule has 3 rings (SSSR count). The van der Waals surface area contributed by atoms with Gasteiger partial charge in [0.1, 0.15) is 5.52 Å². The van der Waals surface area contributed by atoms with Crippen molar-refractivity contribution < 1.29 is 28.9 Å². The Bertz CT molecular complexity index is 1080. The van der Waals surface area contributed by atoms with Crippen LogP contribution in [0.2, 0.25) is 0 Å². The monoisotopic (exact) mass is 414 g/mol. The third-order valence-corrected chi connectivity index (χ3v) is 4.47. The number of carbonyl (C=O) groups excluding carboxylic acids is 1. The van der Waals surface area contributed by atoms with Crippen molar-refractivity contribution in [2.24, 2.45) is 7.05 Å². The molecular formula is C20H22N4O6. The summed E-state index contributed by atoms with van der Waals surface area (Å²) in [5, 5.41) is 11.2. The number of carboxylic acid groups (broad SMARTS) is 1. The number of aryl methyl sites for hydroxylation is 1. The van der Waals surface area contributed by atoms with Crippen molar-refractivity contribution in [3.05, 3.63) is 35.9 Å². The number of hydrogen-bond donors (Lipinski definition) is 3. The van der Waals surface area contributed by atoms with Crippen LogP contribution in [0.15, 0.2) is 30.3 Å². The maximum atomic E-state index is 12.4. The van der Waals surface area contributed by atoms with Crippen LogP contribution >= 0.6 is 0 Å². The molecule has 0 saturated heterocycles. The first-order chi connectivity index (χ1) is 14.3. The molecule has 0 saturated carbocycles. The summed E-state index contributed by atoms with van der Waals surface area (Å²) in [7, 11) is 4.67. The van der Waals surface area contributed by atoms with Gasteiger partial charge >= 0.3 is 5.97 Å². The van der Waals surface area contributed by atoms with E-state index >= 15 is 0 Å². The van der Waals surface area contributed by atoms with Gasteiger partial charge in [-0.15, -0.1) is 0 Å². The number of fused-ring (bicyclic) bond motifs is 1. The van der Waals surface area contributed by atoms with Crippen molar-refractivity contribution in [2.75, 3.05) is 26.5 Å². The molecule has 0 aliphatic carbocycles. The topological polar surface area (TPSA) is 138 Å². The highest BCUT2D eigenvalue weighted by Gasteiger charge is 2.20. The van der Waals surface area contributed by atoms with E-state index in [1.165, 1.54) is 26.4 Å². The first-order valence-electron chi connectivity index (χ1n) is 9.00. The molecular weight excluding hydrogens is 392 g/mol. The Morgan fingerprint density at radius 3 is 2.43 bits per heavy atom. The summed E-state index contributed by atoms with van der Waals surface area (Å²) < 4.78 is 18.6. The zero-order valence-electron chi connectivity index (χ0n) is 16.8. The molecule has 1 heterocycles. The number of nitrogens with zero attached hydrogens (tertiary/aromatic N) is 2. The summed E-state index contributed by atoms with van der Waals surface area (Å²) in [5.74, 6) is 0.108. The van der Waals surface area contributed by atoms with Crippen LogP contribution < -0.4 is 25.3 Å². The highest BCUT2D eigenvalue weighted by Crippen LogP contribution is 2.42. The smallest absolute Gasteiger partial charge is 0.305 e. The second-order valence-electron chi connectivity index (χ2n) is 6.36. The molecule has 1 amide bonds.